The van der Waals surface area contributed by atoms with E-state index in [2.05, 4.69) is 4.98 Å². The van der Waals surface area contributed by atoms with Gasteiger partial charge in [0.15, 0.2) is 0 Å². The Morgan fingerprint density at radius 2 is 1.62 bits per heavy atom. The monoisotopic (exact) mass is 278 g/mol. The molecule has 3 heteroatoms. The van der Waals surface area contributed by atoms with Gasteiger partial charge in [0.25, 0.3) is 0 Å². The summed E-state index contributed by atoms with van der Waals surface area (Å²) in [6.45, 7) is 0.478. The highest BCUT2D eigenvalue weighted by atomic mass is 16.3. The largest absolute Gasteiger partial charge is 0.383 e. The summed E-state index contributed by atoms with van der Waals surface area (Å²) >= 11 is 0. The van der Waals surface area contributed by atoms with Crippen molar-refractivity contribution in [1.29, 1.82) is 0 Å². The van der Waals surface area contributed by atoms with Gasteiger partial charge in [-0.05, 0) is 11.1 Å². The summed E-state index contributed by atoms with van der Waals surface area (Å²) in [6.07, 6.45) is 5.90. The summed E-state index contributed by atoms with van der Waals surface area (Å²) in [5.74, 6) is 0. The minimum Gasteiger partial charge on any atom is -0.383 e. The van der Waals surface area contributed by atoms with Crippen LogP contribution in [0.5, 0.6) is 0 Å². The van der Waals surface area contributed by atoms with Crippen LogP contribution in [0.2, 0.25) is 0 Å². The molecule has 0 aliphatic carbocycles. The standard InChI is InChI=1S/C18H18N2O/c21-18(14-20-12-11-19-15-20,17-9-5-2-6-10-17)13-16-7-3-1-4-8-16/h1-12,15,21H,13-14H2. The SMILES string of the molecule is OC(Cc1ccccc1)(Cn1ccnc1)c1ccccc1. The maximum Gasteiger partial charge on any atom is 0.111 e. The molecule has 21 heavy (non-hydrogen) atoms. The second kappa shape index (κ2) is 5.94. The van der Waals surface area contributed by atoms with Gasteiger partial charge in [-0.15, -0.1) is 0 Å². The Hall–Kier alpha value is -2.39. The molecule has 1 heterocycles. The first kappa shape index (κ1) is 13.6. The van der Waals surface area contributed by atoms with Crippen LogP contribution in [0, 0.1) is 0 Å². The second-order valence-electron chi connectivity index (χ2n) is 5.30. The molecule has 1 aromatic heterocycles. The molecule has 3 aromatic rings. The van der Waals surface area contributed by atoms with Gasteiger partial charge in [0, 0.05) is 18.8 Å². The van der Waals surface area contributed by atoms with Crippen LogP contribution in [0.15, 0.2) is 79.4 Å². The molecule has 106 valence electrons. The quantitative estimate of drug-likeness (QED) is 0.779. The zero-order chi connectivity index (χ0) is 14.5. The average Bonchev–Trinajstić information content (AvgIpc) is 3.02. The van der Waals surface area contributed by atoms with Crippen molar-refractivity contribution in [2.75, 3.05) is 0 Å². The highest BCUT2D eigenvalue weighted by molar-refractivity contribution is 5.26. The number of aromatic nitrogens is 2. The van der Waals surface area contributed by atoms with E-state index in [4.69, 9.17) is 0 Å². The van der Waals surface area contributed by atoms with Gasteiger partial charge in [0.1, 0.15) is 5.60 Å². The molecular weight excluding hydrogens is 260 g/mol. The van der Waals surface area contributed by atoms with Crippen molar-refractivity contribution >= 4 is 0 Å². The van der Waals surface area contributed by atoms with E-state index in [-0.39, 0.29) is 0 Å². The molecule has 0 bridgehead atoms. The highest BCUT2D eigenvalue weighted by Crippen LogP contribution is 2.27. The molecule has 0 radical (unpaired) electrons. The summed E-state index contributed by atoms with van der Waals surface area (Å²) in [5.41, 5.74) is 1.08. The number of hydrogen-bond acceptors (Lipinski definition) is 2. The van der Waals surface area contributed by atoms with Crippen LogP contribution in [0.1, 0.15) is 11.1 Å². The van der Waals surface area contributed by atoms with Crippen LogP contribution in [0.25, 0.3) is 0 Å². The number of hydrogen-bond donors (Lipinski definition) is 1. The van der Waals surface area contributed by atoms with E-state index in [1.807, 2.05) is 71.4 Å². The minimum atomic E-state index is -0.955. The van der Waals surface area contributed by atoms with Gasteiger partial charge in [-0.3, -0.25) is 0 Å². The van der Waals surface area contributed by atoms with Crippen LogP contribution in [0.4, 0.5) is 0 Å². The molecule has 0 saturated heterocycles. The van der Waals surface area contributed by atoms with E-state index in [1.165, 1.54) is 0 Å². The Kier molecular flexibility index (Phi) is 3.84. The van der Waals surface area contributed by atoms with Gasteiger partial charge >= 0.3 is 0 Å². The zero-order valence-corrected chi connectivity index (χ0v) is 11.8. The van der Waals surface area contributed by atoms with Gasteiger partial charge in [0.2, 0.25) is 0 Å². The number of aliphatic hydroxyl groups is 1. The van der Waals surface area contributed by atoms with Crippen molar-refractivity contribution in [3.8, 4) is 0 Å². The Balaban J connectivity index is 1.94. The number of imidazole rings is 1. The van der Waals surface area contributed by atoms with E-state index < -0.39 is 5.60 Å². The molecule has 1 unspecified atom stereocenters. The number of benzene rings is 2. The van der Waals surface area contributed by atoms with Gasteiger partial charge in [-0.2, -0.15) is 0 Å². The van der Waals surface area contributed by atoms with Gasteiger partial charge in [-0.25, -0.2) is 4.98 Å². The molecule has 0 amide bonds. The molecule has 3 nitrogen and oxygen atoms in total. The molecular formula is C18H18N2O. The third-order valence-electron chi connectivity index (χ3n) is 3.65. The van der Waals surface area contributed by atoms with E-state index >= 15 is 0 Å². The Morgan fingerprint density at radius 3 is 2.24 bits per heavy atom. The first-order chi connectivity index (χ1) is 10.3. The lowest BCUT2D eigenvalue weighted by Gasteiger charge is -2.29. The first-order valence-corrected chi connectivity index (χ1v) is 7.04. The van der Waals surface area contributed by atoms with Crippen LogP contribution in [0.3, 0.4) is 0 Å². The third-order valence-corrected chi connectivity index (χ3v) is 3.65. The Morgan fingerprint density at radius 1 is 0.952 bits per heavy atom. The van der Waals surface area contributed by atoms with Crippen molar-refractivity contribution in [2.24, 2.45) is 0 Å². The normalized spacial score (nSPS) is 13.8. The maximum atomic E-state index is 11.3. The summed E-state index contributed by atoms with van der Waals surface area (Å²) < 4.78 is 1.91. The molecule has 0 spiro atoms. The van der Waals surface area contributed by atoms with Gasteiger partial charge in [-0.1, -0.05) is 60.7 Å². The van der Waals surface area contributed by atoms with Crippen LogP contribution >= 0.6 is 0 Å². The molecule has 0 fully saturated rings. The van der Waals surface area contributed by atoms with E-state index in [0.29, 0.717) is 13.0 Å². The molecule has 2 aromatic carbocycles. The maximum absolute atomic E-state index is 11.3. The summed E-state index contributed by atoms with van der Waals surface area (Å²) in [5, 5.41) is 11.3. The predicted octanol–water partition coefficient (Wildman–Crippen LogP) is 3.01. The van der Waals surface area contributed by atoms with Crippen LogP contribution < -0.4 is 0 Å². The second-order valence-corrected chi connectivity index (χ2v) is 5.30. The Labute approximate surface area is 124 Å². The van der Waals surface area contributed by atoms with E-state index in [1.54, 1.807) is 12.5 Å². The van der Waals surface area contributed by atoms with Gasteiger partial charge in [0.05, 0.1) is 12.9 Å². The minimum absolute atomic E-state index is 0.478. The van der Waals surface area contributed by atoms with E-state index in [0.717, 1.165) is 11.1 Å². The summed E-state index contributed by atoms with van der Waals surface area (Å²) in [7, 11) is 0. The lowest BCUT2D eigenvalue weighted by molar-refractivity contribution is 0.0185. The van der Waals surface area contributed by atoms with Crippen LogP contribution in [-0.2, 0) is 18.6 Å². The summed E-state index contributed by atoms with van der Waals surface area (Å²) in [4.78, 5) is 4.06. The Bertz CT molecular complexity index is 665. The molecule has 0 aliphatic heterocycles. The first-order valence-electron chi connectivity index (χ1n) is 7.04. The fourth-order valence-electron chi connectivity index (χ4n) is 2.61. The van der Waals surface area contributed by atoms with Crippen molar-refractivity contribution in [3.63, 3.8) is 0 Å². The van der Waals surface area contributed by atoms with Crippen molar-refractivity contribution in [3.05, 3.63) is 90.5 Å². The lowest BCUT2D eigenvalue weighted by atomic mass is 9.87. The molecule has 1 atom stereocenters. The van der Waals surface area contributed by atoms with Gasteiger partial charge < -0.3 is 9.67 Å². The third kappa shape index (κ3) is 3.20. The highest BCUT2D eigenvalue weighted by Gasteiger charge is 2.30. The van der Waals surface area contributed by atoms with Crippen LogP contribution in [-0.4, -0.2) is 14.7 Å². The number of nitrogens with zero attached hydrogens (tertiary/aromatic N) is 2. The zero-order valence-electron chi connectivity index (χ0n) is 11.8. The van der Waals surface area contributed by atoms with Crippen molar-refractivity contribution in [2.45, 2.75) is 18.6 Å². The topological polar surface area (TPSA) is 38.0 Å². The van der Waals surface area contributed by atoms with Crippen molar-refractivity contribution < 1.29 is 5.11 Å². The predicted molar refractivity (Wildman–Crippen MR) is 82.7 cm³/mol. The van der Waals surface area contributed by atoms with E-state index in [9.17, 15) is 5.11 Å². The smallest absolute Gasteiger partial charge is 0.111 e. The molecule has 0 aliphatic rings. The fraction of sp³-hybridized carbons (Fsp3) is 0.167. The van der Waals surface area contributed by atoms with Crippen molar-refractivity contribution in [1.82, 2.24) is 9.55 Å². The lowest BCUT2D eigenvalue weighted by Crippen LogP contribution is -2.33. The molecule has 0 saturated carbocycles. The molecule has 3 rings (SSSR count). The summed E-state index contributed by atoms with van der Waals surface area (Å²) in [6, 6.07) is 19.9. The fourth-order valence-corrected chi connectivity index (χ4v) is 2.61. The number of rotatable bonds is 5. The molecule has 1 N–H and O–H groups in total. The average molecular weight is 278 g/mol.